The van der Waals surface area contributed by atoms with Gasteiger partial charge in [-0.3, -0.25) is 0 Å². The van der Waals surface area contributed by atoms with Gasteiger partial charge in [0.2, 0.25) is 0 Å². The first kappa shape index (κ1) is 15.0. The second kappa shape index (κ2) is 5.95. The van der Waals surface area contributed by atoms with E-state index in [1.54, 1.807) is 12.1 Å². The van der Waals surface area contributed by atoms with Crippen molar-refractivity contribution in [3.05, 3.63) is 54.1 Å². The SMILES string of the molecule is CN(C)c1ccc(N=Nc2ccc(C(F)(F)F)cc2)cc1. The van der Waals surface area contributed by atoms with E-state index < -0.39 is 11.7 Å². The molecule has 0 aliphatic heterocycles. The molecular weight excluding hydrogens is 279 g/mol. The van der Waals surface area contributed by atoms with E-state index in [2.05, 4.69) is 10.2 Å². The summed E-state index contributed by atoms with van der Waals surface area (Å²) in [5, 5.41) is 7.91. The fraction of sp³-hybridized carbons (Fsp3) is 0.200. The predicted octanol–water partition coefficient (Wildman–Crippen LogP) is 5.19. The van der Waals surface area contributed by atoms with E-state index in [-0.39, 0.29) is 0 Å². The van der Waals surface area contributed by atoms with Crippen molar-refractivity contribution in [1.29, 1.82) is 0 Å². The highest BCUT2D eigenvalue weighted by Gasteiger charge is 2.29. The molecule has 0 spiro atoms. The summed E-state index contributed by atoms with van der Waals surface area (Å²) in [4.78, 5) is 1.96. The summed E-state index contributed by atoms with van der Waals surface area (Å²) in [5.74, 6) is 0. The number of benzene rings is 2. The van der Waals surface area contributed by atoms with Crippen molar-refractivity contribution in [2.75, 3.05) is 19.0 Å². The van der Waals surface area contributed by atoms with Crippen LogP contribution in [0.25, 0.3) is 0 Å². The van der Waals surface area contributed by atoms with Crippen LogP contribution in [0.15, 0.2) is 58.8 Å². The molecule has 0 unspecified atom stereocenters. The number of nitrogens with zero attached hydrogens (tertiary/aromatic N) is 3. The normalized spacial score (nSPS) is 11.9. The first-order valence-corrected chi connectivity index (χ1v) is 6.22. The topological polar surface area (TPSA) is 28.0 Å². The zero-order chi connectivity index (χ0) is 15.5. The quantitative estimate of drug-likeness (QED) is 0.716. The number of hydrogen-bond donors (Lipinski definition) is 0. The summed E-state index contributed by atoms with van der Waals surface area (Å²) in [6, 6.07) is 11.9. The van der Waals surface area contributed by atoms with E-state index in [9.17, 15) is 13.2 Å². The molecule has 2 aromatic carbocycles. The molecule has 0 saturated heterocycles. The van der Waals surface area contributed by atoms with Gasteiger partial charge in [0.05, 0.1) is 16.9 Å². The van der Waals surface area contributed by atoms with Crippen LogP contribution in [0.5, 0.6) is 0 Å². The first-order chi connectivity index (χ1) is 9.86. The Hall–Kier alpha value is -2.37. The molecular formula is C15H14F3N3. The number of azo groups is 1. The van der Waals surface area contributed by atoms with Crippen molar-refractivity contribution in [3.63, 3.8) is 0 Å². The standard InChI is InChI=1S/C15H14F3N3/c1-21(2)14-9-7-13(8-10-14)20-19-12-5-3-11(4-6-12)15(16,17)18/h3-10H,1-2H3. The Labute approximate surface area is 120 Å². The van der Waals surface area contributed by atoms with Crippen LogP contribution in [0.2, 0.25) is 0 Å². The summed E-state index contributed by atoms with van der Waals surface area (Å²) in [6.07, 6.45) is -4.34. The maximum atomic E-state index is 12.4. The van der Waals surface area contributed by atoms with Gasteiger partial charge in [0.25, 0.3) is 0 Å². The molecule has 0 radical (unpaired) electrons. The van der Waals surface area contributed by atoms with Gasteiger partial charge in [-0.15, -0.1) is 0 Å². The minimum atomic E-state index is -4.34. The maximum Gasteiger partial charge on any atom is 0.416 e. The summed E-state index contributed by atoms with van der Waals surface area (Å²) in [5.41, 5.74) is 1.35. The minimum Gasteiger partial charge on any atom is -0.378 e. The van der Waals surface area contributed by atoms with Crippen LogP contribution in [0.4, 0.5) is 30.2 Å². The van der Waals surface area contributed by atoms with Gasteiger partial charge in [0, 0.05) is 19.8 Å². The molecule has 2 aromatic rings. The Balaban J connectivity index is 2.10. The highest BCUT2D eigenvalue weighted by atomic mass is 19.4. The van der Waals surface area contributed by atoms with Crippen LogP contribution in [0, 0.1) is 0 Å². The van der Waals surface area contributed by atoms with Crippen molar-refractivity contribution < 1.29 is 13.2 Å². The fourth-order valence-corrected chi connectivity index (χ4v) is 1.65. The Morgan fingerprint density at radius 3 is 1.57 bits per heavy atom. The average Bonchev–Trinajstić information content (AvgIpc) is 2.45. The molecule has 0 N–H and O–H groups in total. The Morgan fingerprint density at radius 2 is 1.19 bits per heavy atom. The lowest BCUT2D eigenvalue weighted by atomic mass is 10.2. The van der Waals surface area contributed by atoms with Crippen LogP contribution in [-0.2, 0) is 6.18 Å². The molecule has 0 bridgehead atoms. The van der Waals surface area contributed by atoms with E-state index >= 15 is 0 Å². The zero-order valence-electron chi connectivity index (χ0n) is 11.6. The summed E-state index contributed by atoms with van der Waals surface area (Å²) in [7, 11) is 3.86. The lowest BCUT2D eigenvalue weighted by Crippen LogP contribution is -2.07. The van der Waals surface area contributed by atoms with Gasteiger partial charge in [0.15, 0.2) is 0 Å². The van der Waals surface area contributed by atoms with E-state index in [0.29, 0.717) is 11.4 Å². The lowest BCUT2D eigenvalue weighted by Gasteiger charge is -2.11. The molecule has 0 fully saturated rings. The van der Waals surface area contributed by atoms with Gasteiger partial charge >= 0.3 is 6.18 Å². The summed E-state index contributed by atoms with van der Waals surface area (Å²) in [6.45, 7) is 0. The van der Waals surface area contributed by atoms with Crippen molar-refractivity contribution in [1.82, 2.24) is 0 Å². The van der Waals surface area contributed by atoms with Gasteiger partial charge in [-0.1, -0.05) is 0 Å². The lowest BCUT2D eigenvalue weighted by molar-refractivity contribution is -0.137. The highest BCUT2D eigenvalue weighted by Crippen LogP contribution is 2.30. The monoisotopic (exact) mass is 293 g/mol. The predicted molar refractivity (Wildman–Crippen MR) is 76.4 cm³/mol. The highest BCUT2D eigenvalue weighted by molar-refractivity contribution is 5.52. The van der Waals surface area contributed by atoms with Crippen molar-refractivity contribution in [2.45, 2.75) is 6.18 Å². The van der Waals surface area contributed by atoms with E-state index in [1.165, 1.54) is 12.1 Å². The summed E-state index contributed by atoms with van der Waals surface area (Å²) < 4.78 is 37.2. The van der Waals surface area contributed by atoms with Crippen LogP contribution >= 0.6 is 0 Å². The molecule has 0 aliphatic rings. The van der Waals surface area contributed by atoms with Crippen LogP contribution in [0.3, 0.4) is 0 Å². The molecule has 0 atom stereocenters. The van der Waals surface area contributed by atoms with Gasteiger partial charge in [-0.25, -0.2) is 0 Å². The summed E-state index contributed by atoms with van der Waals surface area (Å²) >= 11 is 0. The third kappa shape index (κ3) is 4.05. The van der Waals surface area contributed by atoms with Crippen molar-refractivity contribution >= 4 is 17.1 Å². The van der Waals surface area contributed by atoms with Gasteiger partial charge in [0.1, 0.15) is 0 Å². The third-order valence-electron chi connectivity index (χ3n) is 2.84. The molecule has 0 aromatic heterocycles. The Morgan fingerprint density at radius 1 is 0.762 bits per heavy atom. The third-order valence-corrected chi connectivity index (χ3v) is 2.84. The molecule has 2 rings (SSSR count). The molecule has 0 saturated carbocycles. The number of halogens is 3. The number of hydrogen-bond acceptors (Lipinski definition) is 3. The number of alkyl halides is 3. The Bertz CT molecular complexity index is 614. The molecule has 0 aliphatic carbocycles. The van der Waals surface area contributed by atoms with Crippen LogP contribution in [0.1, 0.15) is 5.56 Å². The van der Waals surface area contributed by atoms with E-state index in [4.69, 9.17) is 0 Å². The zero-order valence-corrected chi connectivity index (χ0v) is 11.6. The second-order valence-corrected chi connectivity index (χ2v) is 4.66. The maximum absolute atomic E-state index is 12.4. The van der Waals surface area contributed by atoms with Gasteiger partial charge in [-0.05, 0) is 48.5 Å². The second-order valence-electron chi connectivity index (χ2n) is 4.66. The van der Waals surface area contributed by atoms with Crippen molar-refractivity contribution in [2.24, 2.45) is 10.2 Å². The van der Waals surface area contributed by atoms with Gasteiger partial charge < -0.3 is 4.90 Å². The number of anilines is 1. The van der Waals surface area contributed by atoms with Crippen LogP contribution < -0.4 is 4.90 Å². The fourth-order valence-electron chi connectivity index (χ4n) is 1.65. The molecule has 21 heavy (non-hydrogen) atoms. The smallest absolute Gasteiger partial charge is 0.378 e. The molecule has 3 nitrogen and oxygen atoms in total. The Kier molecular flexibility index (Phi) is 4.26. The molecule has 0 heterocycles. The molecule has 110 valence electrons. The van der Waals surface area contributed by atoms with E-state index in [0.717, 1.165) is 17.8 Å². The number of rotatable bonds is 3. The molecule has 0 amide bonds. The largest absolute Gasteiger partial charge is 0.416 e. The minimum absolute atomic E-state index is 0.375. The van der Waals surface area contributed by atoms with Crippen molar-refractivity contribution in [3.8, 4) is 0 Å². The molecule has 6 heteroatoms. The van der Waals surface area contributed by atoms with Gasteiger partial charge in [-0.2, -0.15) is 23.4 Å². The average molecular weight is 293 g/mol. The first-order valence-electron chi connectivity index (χ1n) is 6.22. The van der Waals surface area contributed by atoms with E-state index in [1.807, 2.05) is 31.1 Å². The van der Waals surface area contributed by atoms with Crippen LogP contribution in [-0.4, -0.2) is 14.1 Å².